The highest BCUT2D eigenvalue weighted by atomic mass is 32.1. The molecule has 6 rings (SSSR count). The van der Waals surface area contributed by atoms with Crippen LogP contribution in [0.4, 0.5) is 0 Å². The van der Waals surface area contributed by atoms with Gasteiger partial charge in [-0.3, -0.25) is 14.9 Å². The van der Waals surface area contributed by atoms with Gasteiger partial charge in [-0.15, -0.1) is 11.3 Å². The minimum atomic E-state index is -0.336. The van der Waals surface area contributed by atoms with Crippen LogP contribution in [0.25, 0.3) is 32.3 Å². The van der Waals surface area contributed by atoms with Crippen molar-refractivity contribution in [3.05, 3.63) is 59.2 Å². The molecule has 5 heterocycles. The summed E-state index contributed by atoms with van der Waals surface area (Å²) in [5.74, 6) is -0.0739. The number of nitrogens with one attached hydrogen (secondary N) is 3. The zero-order valence-electron chi connectivity index (χ0n) is 17.8. The fraction of sp³-hybridized carbons (Fsp3) is 0.280. The van der Waals surface area contributed by atoms with Crippen molar-refractivity contribution in [3.63, 3.8) is 0 Å². The number of benzene rings is 1. The van der Waals surface area contributed by atoms with Crippen molar-refractivity contribution in [2.75, 3.05) is 13.1 Å². The molecule has 0 radical (unpaired) electrons. The second-order valence-electron chi connectivity index (χ2n) is 8.70. The smallest absolute Gasteiger partial charge is 0.259 e. The van der Waals surface area contributed by atoms with Crippen LogP contribution >= 0.6 is 11.3 Å². The maximum Gasteiger partial charge on any atom is 0.259 e. The van der Waals surface area contributed by atoms with E-state index in [1.54, 1.807) is 11.3 Å². The maximum atomic E-state index is 13.1. The van der Waals surface area contributed by atoms with Gasteiger partial charge in [-0.05, 0) is 56.3 Å². The van der Waals surface area contributed by atoms with Gasteiger partial charge >= 0.3 is 0 Å². The summed E-state index contributed by atoms with van der Waals surface area (Å²) in [5.41, 5.74) is 3.47. The number of hydrogen-bond donors (Lipinski definition) is 3. The lowest BCUT2D eigenvalue weighted by Gasteiger charge is -2.29. The number of carbonyl (C=O) groups is 2. The Morgan fingerprint density at radius 1 is 1.00 bits per heavy atom. The van der Waals surface area contributed by atoms with Gasteiger partial charge in [0.1, 0.15) is 4.83 Å². The van der Waals surface area contributed by atoms with E-state index in [9.17, 15) is 9.59 Å². The SMILES string of the molecule is CC(C1CCNCC1)n1cc(C2=C(c3c[nH]c4ccccc34)C(=O)NC2=O)c2ccsc21. The molecule has 1 aromatic carbocycles. The molecule has 2 amide bonds. The summed E-state index contributed by atoms with van der Waals surface area (Å²) in [5, 5.41) is 10.0. The first-order chi connectivity index (χ1) is 15.6. The van der Waals surface area contributed by atoms with Crippen LogP contribution in [0, 0.1) is 5.92 Å². The van der Waals surface area contributed by atoms with Gasteiger partial charge < -0.3 is 14.9 Å². The summed E-state index contributed by atoms with van der Waals surface area (Å²) in [6, 6.07) is 10.2. The van der Waals surface area contributed by atoms with E-state index in [4.69, 9.17) is 0 Å². The van der Waals surface area contributed by atoms with Crippen molar-refractivity contribution in [1.29, 1.82) is 0 Å². The molecule has 0 saturated carbocycles. The van der Waals surface area contributed by atoms with Gasteiger partial charge in [-0.2, -0.15) is 0 Å². The normalized spacial score (nSPS) is 18.8. The highest BCUT2D eigenvalue weighted by Gasteiger charge is 2.36. The number of nitrogens with zero attached hydrogens (tertiary/aromatic N) is 1. The zero-order valence-corrected chi connectivity index (χ0v) is 18.6. The second-order valence-corrected chi connectivity index (χ2v) is 9.59. The van der Waals surface area contributed by atoms with Crippen molar-refractivity contribution in [1.82, 2.24) is 20.2 Å². The van der Waals surface area contributed by atoms with E-state index >= 15 is 0 Å². The number of aromatic amines is 1. The molecule has 2 aliphatic heterocycles. The summed E-state index contributed by atoms with van der Waals surface area (Å²) in [6.45, 7) is 4.36. The van der Waals surface area contributed by atoms with E-state index in [1.807, 2.05) is 30.5 Å². The lowest BCUT2D eigenvalue weighted by Crippen LogP contribution is -2.31. The fourth-order valence-corrected chi connectivity index (χ4v) is 6.26. The van der Waals surface area contributed by atoms with Crippen LogP contribution in [0.2, 0.25) is 0 Å². The first-order valence-corrected chi connectivity index (χ1v) is 12.0. The Labute approximate surface area is 189 Å². The molecule has 1 saturated heterocycles. The average molecular weight is 445 g/mol. The van der Waals surface area contributed by atoms with Gasteiger partial charge in [0.25, 0.3) is 11.8 Å². The van der Waals surface area contributed by atoms with Gasteiger partial charge in [-0.1, -0.05) is 18.2 Å². The molecular weight excluding hydrogens is 420 g/mol. The quantitative estimate of drug-likeness (QED) is 0.411. The zero-order chi connectivity index (χ0) is 21.8. The number of rotatable bonds is 4. The Morgan fingerprint density at radius 3 is 2.56 bits per heavy atom. The van der Waals surface area contributed by atoms with Gasteiger partial charge in [-0.25, -0.2) is 0 Å². The number of piperidine rings is 1. The van der Waals surface area contributed by atoms with Crippen LogP contribution in [0.15, 0.2) is 48.1 Å². The van der Waals surface area contributed by atoms with E-state index < -0.39 is 0 Å². The van der Waals surface area contributed by atoms with E-state index in [2.05, 4.69) is 44.8 Å². The molecular formula is C25H24N4O2S. The Bertz CT molecular complexity index is 1400. The van der Waals surface area contributed by atoms with Crippen LogP contribution in [-0.4, -0.2) is 34.5 Å². The molecule has 7 heteroatoms. The van der Waals surface area contributed by atoms with Crippen LogP contribution in [0.3, 0.4) is 0 Å². The third-order valence-electron chi connectivity index (χ3n) is 7.00. The third kappa shape index (κ3) is 2.88. The van der Waals surface area contributed by atoms with Gasteiger partial charge in [0.05, 0.1) is 11.1 Å². The number of fused-ring (bicyclic) bond motifs is 2. The molecule has 1 fully saturated rings. The molecule has 3 N–H and O–H groups in total. The van der Waals surface area contributed by atoms with Gasteiger partial charge in [0.2, 0.25) is 0 Å². The van der Waals surface area contributed by atoms with Crippen LogP contribution in [0.5, 0.6) is 0 Å². The van der Waals surface area contributed by atoms with Crippen LogP contribution < -0.4 is 10.6 Å². The average Bonchev–Trinajstić information content (AvgIpc) is 3.57. The first kappa shape index (κ1) is 19.5. The molecule has 0 spiro atoms. The molecule has 162 valence electrons. The first-order valence-electron chi connectivity index (χ1n) is 11.1. The number of hydrogen-bond acceptors (Lipinski definition) is 4. The number of aromatic nitrogens is 2. The van der Waals surface area contributed by atoms with Crippen molar-refractivity contribution < 1.29 is 9.59 Å². The molecule has 6 nitrogen and oxygen atoms in total. The number of H-pyrrole nitrogens is 1. The largest absolute Gasteiger partial charge is 0.361 e. The topological polar surface area (TPSA) is 78.9 Å². The Kier molecular flexibility index (Phi) is 4.55. The molecule has 0 aliphatic carbocycles. The lowest BCUT2D eigenvalue weighted by atomic mass is 9.91. The summed E-state index contributed by atoms with van der Waals surface area (Å²) in [4.78, 5) is 30.4. The molecule has 3 aromatic heterocycles. The second kappa shape index (κ2) is 7.46. The summed E-state index contributed by atoms with van der Waals surface area (Å²) in [6.07, 6.45) is 6.21. The predicted molar refractivity (Wildman–Crippen MR) is 128 cm³/mol. The van der Waals surface area contributed by atoms with Gasteiger partial charge in [0, 0.05) is 45.9 Å². The van der Waals surface area contributed by atoms with Crippen molar-refractivity contribution in [2.45, 2.75) is 25.8 Å². The predicted octanol–water partition coefficient (Wildman–Crippen LogP) is 4.31. The van der Waals surface area contributed by atoms with E-state index in [0.717, 1.165) is 58.2 Å². The maximum absolute atomic E-state index is 13.1. The summed E-state index contributed by atoms with van der Waals surface area (Å²) < 4.78 is 2.32. The minimum Gasteiger partial charge on any atom is -0.361 e. The molecule has 4 aromatic rings. The van der Waals surface area contributed by atoms with E-state index in [-0.39, 0.29) is 11.8 Å². The standard InChI is InChI=1S/C25H24N4O2S/c1-14(15-6-9-26-10-7-15)29-13-19(17-8-11-32-25(17)29)22-21(23(30)28-24(22)31)18-12-27-20-5-3-2-4-16(18)20/h2-5,8,11-15,26-27H,6-7,9-10H2,1H3,(H,28,30,31). The van der Waals surface area contributed by atoms with E-state index in [1.165, 1.54) is 0 Å². The van der Waals surface area contributed by atoms with Crippen molar-refractivity contribution >= 4 is 55.4 Å². The van der Waals surface area contributed by atoms with Crippen LogP contribution in [-0.2, 0) is 9.59 Å². The Morgan fingerprint density at radius 2 is 1.75 bits per heavy atom. The molecule has 2 aliphatic rings. The number of imide groups is 1. The molecule has 32 heavy (non-hydrogen) atoms. The number of para-hydroxylation sites is 1. The Balaban J connectivity index is 1.55. The lowest BCUT2D eigenvalue weighted by molar-refractivity contribution is -0.122. The number of carbonyl (C=O) groups excluding carboxylic acids is 2. The van der Waals surface area contributed by atoms with E-state index in [0.29, 0.717) is 23.1 Å². The highest BCUT2D eigenvalue weighted by Crippen LogP contribution is 2.41. The summed E-state index contributed by atoms with van der Waals surface area (Å²) in [7, 11) is 0. The molecule has 1 atom stereocenters. The molecule has 1 unspecified atom stereocenters. The molecule has 0 bridgehead atoms. The number of amides is 2. The van der Waals surface area contributed by atoms with Crippen molar-refractivity contribution in [2.24, 2.45) is 5.92 Å². The highest BCUT2D eigenvalue weighted by molar-refractivity contribution is 7.16. The third-order valence-corrected chi connectivity index (χ3v) is 7.93. The Hall–Kier alpha value is -3.16. The monoisotopic (exact) mass is 444 g/mol. The fourth-order valence-electron chi connectivity index (χ4n) is 5.28. The minimum absolute atomic E-state index is 0.323. The van der Waals surface area contributed by atoms with Crippen molar-refractivity contribution in [3.8, 4) is 0 Å². The summed E-state index contributed by atoms with van der Waals surface area (Å²) >= 11 is 1.69. The van der Waals surface area contributed by atoms with Crippen LogP contribution in [0.1, 0.15) is 36.9 Å². The van der Waals surface area contributed by atoms with Gasteiger partial charge in [0.15, 0.2) is 0 Å². The number of thiophene rings is 1.